The molecule has 2 aromatic rings. The molecule has 0 saturated carbocycles. The molecule has 0 aliphatic carbocycles. The van der Waals surface area contributed by atoms with E-state index >= 15 is 0 Å². The largest absolute Gasteiger partial charge is 0.474 e. The highest BCUT2D eigenvalue weighted by atomic mass is 16.5. The minimum absolute atomic E-state index is 0.214. The van der Waals surface area contributed by atoms with Crippen molar-refractivity contribution in [2.45, 2.75) is 45.8 Å². The predicted molar refractivity (Wildman–Crippen MR) is 83.9 cm³/mol. The second-order valence-electron chi connectivity index (χ2n) is 5.96. The molecule has 0 bridgehead atoms. The molecular weight excluding hydrogens is 278 g/mol. The molecule has 3 heterocycles. The summed E-state index contributed by atoms with van der Waals surface area (Å²) in [6.07, 6.45) is 5.80. The van der Waals surface area contributed by atoms with Crippen LogP contribution in [0.2, 0.25) is 0 Å². The van der Waals surface area contributed by atoms with Crippen LogP contribution in [-0.2, 0) is 0 Å². The maximum absolute atomic E-state index is 6.05. The summed E-state index contributed by atoms with van der Waals surface area (Å²) in [5, 5.41) is 0. The molecule has 0 amide bonds. The summed E-state index contributed by atoms with van der Waals surface area (Å²) in [6, 6.07) is 4.18. The van der Waals surface area contributed by atoms with Crippen molar-refractivity contribution in [1.82, 2.24) is 14.9 Å². The van der Waals surface area contributed by atoms with Crippen LogP contribution in [0.3, 0.4) is 0 Å². The summed E-state index contributed by atoms with van der Waals surface area (Å²) in [5.41, 5.74) is 1.09. The Balaban J connectivity index is 1.55. The number of oxazole rings is 1. The molecular formula is C17H23N3O2. The highest BCUT2D eigenvalue weighted by Gasteiger charge is 2.27. The van der Waals surface area contributed by atoms with E-state index in [1.807, 2.05) is 26.0 Å². The molecule has 1 fully saturated rings. The third-order valence-electron chi connectivity index (χ3n) is 4.26. The lowest BCUT2D eigenvalue weighted by Gasteiger charge is -2.34. The van der Waals surface area contributed by atoms with E-state index < -0.39 is 0 Å². The Morgan fingerprint density at radius 1 is 1.27 bits per heavy atom. The van der Waals surface area contributed by atoms with Gasteiger partial charge in [-0.15, -0.1) is 0 Å². The molecule has 5 heteroatoms. The lowest BCUT2D eigenvalue weighted by molar-refractivity contribution is 0.0688. The van der Waals surface area contributed by atoms with Gasteiger partial charge in [-0.2, -0.15) is 0 Å². The molecule has 0 aromatic carbocycles. The van der Waals surface area contributed by atoms with E-state index in [9.17, 15) is 0 Å². The second-order valence-corrected chi connectivity index (χ2v) is 5.96. The number of pyridine rings is 1. The summed E-state index contributed by atoms with van der Waals surface area (Å²) < 4.78 is 11.7. The van der Waals surface area contributed by atoms with Gasteiger partial charge < -0.3 is 9.15 Å². The van der Waals surface area contributed by atoms with Crippen LogP contribution >= 0.6 is 0 Å². The van der Waals surface area contributed by atoms with Gasteiger partial charge in [0.1, 0.15) is 11.9 Å². The topological polar surface area (TPSA) is 51.4 Å². The first kappa shape index (κ1) is 15.0. The van der Waals surface area contributed by atoms with Crippen LogP contribution in [0, 0.1) is 13.8 Å². The average Bonchev–Trinajstić information content (AvgIpc) is 2.96. The van der Waals surface area contributed by atoms with Crippen LogP contribution in [0.25, 0.3) is 0 Å². The van der Waals surface area contributed by atoms with E-state index in [4.69, 9.17) is 9.15 Å². The Labute approximate surface area is 131 Å². The maximum atomic E-state index is 6.05. The fourth-order valence-corrected chi connectivity index (χ4v) is 2.85. The fourth-order valence-electron chi connectivity index (χ4n) is 2.85. The lowest BCUT2D eigenvalue weighted by atomic mass is 10.1. The molecule has 118 valence electrons. The Kier molecular flexibility index (Phi) is 4.43. The molecule has 1 unspecified atom stereocenters. The van der Waals surface area contributed by atoms with E-state index in [-0.39, 0.29) is 12.1 Å². The Bertz CT molecular complexity index is 618. The first-order valence-corrected chi connectivity index (χ1v) is 7.88. The van der Waals surface area contributed by atoms with Crippen molar-refractivity contribution < 1.29 is 9.15 Å². The first-order valence-electron chi connectivity index (χ1n) is 7.88. The summed E-state index contributed by atoms with van der Waals surface area (Å²) in [4.78, 5) is 11.1. The van der Waals surface area contributed by atoms with Crippen molar-refractivity contribution in [2.75, 3.05) is 13.1 Å². The van der Waals surface area contributed by atoms with Gasteiger partial charge in [0.2, 0.25) is 11.8 Å². The van der Waals surface area contributed by atoms with Gasteiger partial charge in [-0.1, -0.05) is 6.07 Å². The Morgan fingerprint density at radius 2 is 2.05 bits per heavy atom. The standard InChI is InChI=1S/C17H23N3O2/c1-12-5-4-8-18-16(12)22-15-6-9-20(10-7-15)14(3)17-19-11-13(2)21-17/h4-5,8,11,14-15H,6-7,9-10H2,1-3H3. The molecule has 2 aromatic heterocycles. The van der Waals surface area contributed by atoms with Crippen LogP contribution in [0.1, 0.15) is 43.0 Å². The SMILES string of the molecule is Cc1cnc(C(C)N2CCC(Oc3ncccc3C)CC2)o1. The molecule has 0 N–H and O–H groups in total. The number of rotatable bonds is 4. The molecule has 22 heavy (non-hydrogen) atoms. The van der Waals surface area contributed by atoms with Crippen molar-refractivity contribution in [3.63, 3.8) is 0 Å². The molecule has 1 saturated heterocycles. The van der Waals surface area contributed by atoms with Gasteiger partial charge in [0.25, 0.3) is 0 Å². The molecule has 1 atom stereocenters. The number of hydrogen-bond acceptors (Lipinski definition) is 5. The summed E-state index contributed by atoms with van der Waals surface area (Å²) >= 11 is 0. The monoisotopic (exact) mass is 301 g/mol. The first-order chi connectivity index (χ1) is 10.6. The second kappa shape index (κ2) is 6.48. The third-order valence-corrected chi connectivity index (χ3v) is 4.26. The Morgan fingerprint density at radius 3 is 2.68 bits per heavy atom. The van der Waals surface area contributed by atoms with Gasteiger partial charge >= 0.3 is 0 Å². The number of hydrogen-bond donors (Lipinski definition) is 0. The van der Waals surface area contributed by atoms with Crippen molar-refractivity contribution in [3.05, 3.63) is 41.7 Å². The van der Waals surface area contributed by atoms with Gasteiger partial charge in [0, 0.05) is 24.8 Å². The zero-order valence-electron chi connectivity index (χ0n) is 13.5. The van der Waals surface area contributed by atoms with Crippen LogP contribution < -0.4 is 4.74 Å². The van der Waals surface area contributed by atoms with Crippen LogP contribution in [0.4, 0.5) is 0 Å². The van der Waals surface area contributed by atoms with E-state index in [1.54, 1.807) is 12.4 Å². The Hall–Kier alpha value is -1.88. The van der Waals surface area contributed by atoms with Crippen molar-refractivity contribution in [2.24, 2.45) is 0 Å². The molecule has 1 aliphatic rings. The number of aromatic nitrogens is 2. The lowest BCUT2D eigenvalue weighted by Crippen LogP contribution is -2.39. The van der Waals surface area contributed by atoms with Gasteiger partial charge in [0.05, 0.1) is 12.2 Å². The fraction of sp³-hybridized carbons (Fsp3) is 0.529. The highest BCUT2D eigenvalue weighted by Crippen LogP contribution is 2.26. The number of aryl methyl sites for hydroxylation is 2. The van der Waals surface area contributed by atoms with Crippen molar-refractivity contribution in [3.8, 4) is 5.88 Å². The molecule has 0 radical (unpaired) electrons. The van der Waals surface area contributed by atoms with E-state index in [0.29, 0.717) is 0 Å². The zero-order chi connectivity index (χ0) is 15.5. The summed E-state index contributed by atoms with van der Waals surface area (Å²) in [6.45, 7) is 8.08. The van der Waals surface area contributed by atoms with Gasteiger partial charge in [0.15, 0.2) is 0 Å². The zero-order valence-corrected chi connectivity index (χ0v) is 13.5. The number of ether oxygens (including phenoxy) is 1. The van der Waals surface area contributed by atoms with Crippen LogP contribution in [-0.4, -0.2) is 34.1 Å². The van der Waals surface area contributed by atoms with Gasteiger partial charge in [-0.25, -0.2) is 9.97 Å². The van der Waals surface area contributed by atoms with Crippen LogP contribution in [0.5, 0.6) is 5.88 Å². The number of nitrogens with zero attached hydrogens (tertiary/aromatic N) is 3. The minimum Gasteiger partial charge on any atom is -0.474 e. The quantitative estimate of drug-likeness (QED) is 0.867. The summed E-state index contributed by atoms with van der Waals surface area (Å²) in [5.74, 6) is 2.43. The molecule has 3 rings (SSSR count). The summed E-state index contributed by atoms with van der Waals surface area (Å²) in [7, 11) is 0. The van der Waals surface area contributed by atoms with Gasteiger partial charge in [-0.05, 0) is 39.7 Å². The predicted octanol–water partition coefficient (Wildman–Crippen LogP) is 3.29. The maximum Gasteiger partial charge on any atom is 0.216 e. The highest BCUT2D eigenvalue weighted by molar-refractivity contribution is 5.23. The number of likely N-dealkylation sites (tertiary alicyclic amines) is 1. The molecule has 5 nitrogen and oxygen atoms in total. The van der Waals surface area contributed by atoms with E-state index in [2.05, 4.69) is 21.8 Å². The smallest absolute Gasteiger partial charge is 0.216 e. The molecule has 1 aliphatic heterocycles. The third kappa shape index (κ3) is 3.30. The normalized spacial score (nSPS) is 18.3. The van der Waals surface area contributed by atoms with Gasteiger partial charge in [-0.3, -0.25) is 4.90 Å². The van der Waals surface area contributed by atoms with E-state index in [1.165, 1.54) is 0 Å². The van der Waals surface area contributed by atoms with E-state index in [0.717, 1.165) is 49.0 Å². The van der Waals surface area contributed by atoms with Crippen LogP contribution in [0.15, 0.2) is 28.9 Å². The van der Waals surface area contributed by atoms with Crippen molar-refractivity contribution in [1.29, 1.82) is 0 Å². The molecule has 0 spiro atoms. The number of piperidine rings is 1. The minimum atomic E-state index is 0.214. The average molecular weight is 301 g/mol. The van der Waals surface area contributed by atoms with Crippen molar-refractivity contribution >= 4 is 0 Å².